The smallest absolute Gasteiger partial charge is 0.216 e. The number of carbonyl (C=O) groups excluding carboxylic acids is 1. The molecule has 0 aliphatic rings. The molecule has 2 N–H and O–H groups in total. The van der Waals surface area contributed by atoms with Gasteiger partial charge in [-0.2, -0.15) is 0 Å². The molecule has 124 valence electrons. The summed E-state index contributed by atoms with van der Waals surface area (Å²) in [5.41, 5.74) is 1.99. The maximum Gasteiger partial charge on any atom is 0.216 e. The van der Waals surface area contributed by atoms with Gasteiger partial charge in [0.05, 0.1) is 18.6 Å². The minimum absolute atomic E-state index is 0.0185. The molecule has 5 nitrogen and oxygen atoms in total. The van der Waals surface area contributed by atoms with E-state index in [-0.39, 0.29) is 11.3 Å². The van der Waals surface area contributed by atoms with Crippen LogP contribution in [0.3, 0.4) is 0 Å². The number of aromatic nitrogens is 2. The number of imidazole rings is 1. The van der Waals surface area contributed by atoms with Crippen LogP contribution in [0, 0.1) is 5.41 Å². The van der Waals surface area contributed by atoms with Gasteiger partial charge in [0.1, 0.15) is 5.75 Å². The first-order valence-corrected chi connectivity index (χ1v) is 7.93. The van der Waals surface area contributed by atoms with Crippen molar-refractivity contribution in [3.8, 4) is 17.0 Å². The third-order valence-corrected chi connectivity index (χ3v) is 3.87. The van der Waals surface area contributed by atoms with E-state index in [9.17, 15) is 4.79 Å². The molecule has 0 fully saturated rings. The molecule has 1 aromatic carbocycles. The molecule has 0 spiro atoms. The number of ether oxygens (including phenoxy) is 1. The Bertz CT molecular complexity index is 621. The molecule has 0 aliphatic heterocycles. The first-order valence-electron chi connectivity index (χ1n) is 7.93. The van der Waals surface area contributed by atoms with Crippen LogP contribution in [0.4, 0.5) is 0 Å². The highest BCUT2D eigenvalue weighted by Crippen LogP contribution is 2.30. The van der Waals surface area contributed by atoms with Gasteiger partial charge in [-0.05, 0) is 30.4 Å². The monoisotopic (exact) mass is 315 g/mol. The van der Waals surface area contributed by atoms with Gasteiger partial charge in [-0.15, -0.1) is 0 Å². The third kappa shape index (κ3) is 5.43. The van der Waals surface area contributed by atoms with Gasteiger partial charge in [0.2, 0.25) is 5.91 Å². The predicted octanol–water partition coefficient (Wildman–Crippen LogP) is 3.40. The molecular formula is C18H25N3O2. The van der Waals surface area contributed by atoms with E-state index in [0.717, 1.165) is 29.8 Å². The molecule has 23 heavy (non-hydrogen) atoms. The Morgan fingerprint density at radius 3 is 2.78 bits per heavy atom. The van der Waals surface area contributed by atoms with Gasteiger partial charge in [-0.3, -0.25) is 4.79 Å². The Balaban J connectivity index is 1.88. The number of aromatic amines is 1. The van der Waals surface area contributed by atoms with Gasteiger partial charge in [0.15, 0.2) is 0 Å². The van der Waals surface area contributed by atoms with E-state index >= 15 is 0 Å². The number of benzene rings is 1. The summed E-state index contributed by atoms with van der Waals surface area (Å²) in [5.74, 6) is 0.863. The lowest BCUT2D eigenvalue weighted by atomic mass is 9.86. The zero-order valence-electron chi connectivity index (χ0n) is 14.1. The molecule has 5 heteroatoms. The maximum atomic E-state index is 10.9. The summed E-state index contributed by atoms with van der Waals surface area (Å²) in [6.07, 6.45) is 5.37. The Morgan fingerprint density at radius 1 is 1.30 bits per heavy atom. The van der Waals surface area contributed by atoms with E-state index in [1.807, 2.05) is 30.5 Å². The molecule has 0 unspecified atom stereocenters. The summed E-state index contributed by atoms with van der Waals surface area (Å²) in [6, 6.07) is 7.92. The second-order valence-corrected chi connectivity index (χ2v) is 6.45. The Hall–Kier alpha value is -2.30. The number of nitrogens with zero attached hydrogens (tertiary/aromatic N) is 1. The van der Waals surface area contributed by atoms with Crippen molar-refractivity contribution < 1.29 is 9.53 Å². The van der Waals surface area contributed by atoms with Crippen LogP contribution in [0.15, 0.2) is 36.8 Å². The lowest BCUT2D eigenvalue weighted by Gasteiger charge is -2.24. The molecule has 0 bridgehead atoms. The van der Waals surface area contributed by atoms with Crippen molar-refractivity contribution in [1.82, 2.24) is 15.3 Å². The second kappa shape index (κ2) is 7.81. The van der Waals surface area contributed by atoms with Crippen molar-refractivity contribution >= 4 is 5.91 Å². The van der Waals surface area contributed by atoms with Gasteiger partial charge in [0, 0.05) is 25.2 Å². The van der Waals surface area contributed by atoms with Crippen molar-refractivity contribution in [2.45, 2.75) is 33.6 Å². The number of para-hydroxylation sites is 1. The first-order chi connectivity index (χ1) is 11.0. The van der Waals surface area contributed by atoms with E-state index in [2.05, 4.69) is 29.1 Å². The van der Waals surface area contributed by atoms with Gasteiger partial charge in [0.25, 0.3) is 0 Å². The third-order valence-electron chi connectivity index (χ3n) is 3.87. The standard InChI is InChI=1S/C18H25N3O2/c1-14(22)20-10-8-18(2,3)9-11-23-17-7-5-4-6-15(17)16-12-19-13-21-16/h4-7,12-13H,8-11H2,1-3H3,(H,19,21)(H,20,22). The van der Waals surface area contributed by atoms with E-state index in [4.69, 9.17) is 4.74 Å². The minimum Gasteiger partial charge on any atom is -0.493 e. The summed E-state index contributed by atoms with van der Waals surface area (Å²) < 4.78 is 5.98. The molecule has 0 aliphatic carbocycles. The fourth-order valence-electron chi connectivity index (χ4n) is 2.35. The molecule has 0 saturated carbocycles. The van der Waals surface area contributed by atoms with E-state index in [1.54, 1.807) is 13.3 Å². The topological polar surface area (TPSA) is 67.0 Å². The number of hydrogen-bond donors (Lipinski definition) is 2. The second-order valence-electron chi connectivity index (χ2n) is 6.45. The lowest BCUT2D eigenvalue weighted by molar-refractivity contribution is -0.119. The lowest BCUT2D eigenvalue weighted by Crippen LogP contribution is -2.27. The SMILES string of the molecule is CC(=O)NCCC(C)(C)CCOc1ccccc1-c1c[nH]cn1. The highest BCUT2D eigenvalue weighted by Gasteiger charge is 2.18. The summed E-state index contributed by atoms with van der Waals surface area (Å²) >= 11 is 0. The molecule has 1 aromatic heterocycles. The van der Waals surface area contributed by atoms with Crippen molar-refractivity contribution in [2.75, 3.05) is 13.2 Å². The molecule has 2 aromatic rings. The number of carbonyl (C=O) groups is 1. The molecular weight excluding hydrogens is 290 g/mol. The highest BCUT2D eigenvalue weighted by molar-refractivity contribution is 5.72. The zero-order valence-corrected chi connectivity index (χ0v) is 14.1. The Labute approximate surface area is 137 Å². The average molecular weight is 315 g/mol. The summed E-state index contributed by atoms with van der Waals surface area (Å²) in [7, 11) is 0. The van der Waals surface area contributed by atoms with Crippen LogP contribution < -0.4 is 10.1 Å². The highest BCUT2D eigenvalue weighted by atomic mass is 16.5. The van der Waals surface area contributed by atoms with Crippen LogP contribution >= 0.6 is 0 Å². The predicted molar refractivity (Wildman–Crippen MR) is 91.2 cm³/mol. The van der Waals surface area contributed by atoms with Gasteiger partial charge in [-0.1, -0.05) is 26.0 Å². The van der Waals surface area contributed by atoms with Crippen molar-refractivity contribution in [1.29, 1.82) is 0 Å². The van der Waals surface area contributed by atoms with Gasteiger partial charge >= 0.3 is 0 Å². The van der Waals surface area contributed by atoms with Crippen LogP contribution in [-0.4, -0.2) is 29.0 Å². The molecule has 0 saturated heterocycles. The number of nitrogens with one attached hydrogen (secondary N) is 2. The number of amides is 1. The Kier molecular flexibility index (Phi) is 5.79. The van der Waals surface area contributed by atoms with E-state index in [1.165, 1.54) is 0 Å². The number of H-pyrrole nitrogens is 1. The van der Waals surface area contributed by atoms with Crippen LogP contribution in [0.25, 0.3) is 11.3 Å². The fourth-order valence-corrected chi connectivity index (χ4v) is 2.35. The minimum atomic E-state index is 0.0185. The molecule has 0 atom stereocenters. The van der Waals surface area contributed by atoms with Gasteiger partial charge in [-0.25, -0.2) is 4.98 Å². The largest absolute Gasteiger partial charge is 0.493 e. The molecule has 1 amide bonds. The quantitative estimate of drug-likeness (QED) is 0.784. The van der Waals surface area contributed by atoms with Crippen molar-refractivity contribution in [3.05, 3.63) is 36.8 Å². The number of hydrogen-bond acceptors (Lipinski definition) is 3. The average Bonchev–Trinajstić information content (AvgIpc) is 3.01. The molecule has 0 radical (unpaired) electrons. The van der Waals surface area contributed by atoms with E-state index < -0.39 is 0 Å². The van der Waals surface area contributed by atoms with Crippen molar-refractivity contribution in [3.63, 3.8) is 0 Å². The van der Waals surface area contributed by atoms with Crippen LogP contribution in [0.2, 0.25) is 0 Å². The van der Waals surface area contributed by atoms with E-state index in [0.29, 0.717) is 13.2 Å². The zero-order chi connectivity index (χ0) is 16.7. The van der Waals surface area contributed by atoms with Crippen LogP contribution in [-0.2, 0) is 4.79 Å². The molecule has 1 heterocycles. The molecule has 2 rings (SSSR count). The Morgan fingerprint density at radius 2 is 2.09 bits per heavy atom. The van der Waals surface area contributed by atoms with Gasteiger partial charge < -0.3 is 15.0 Å². The number of rotatable bonds is 8. The van der Waals surface area contributed by atoms with Crippen LogP contribution in [0.5, 0.6) is 5.75 Å². The van der Waals surface area contributed by atoms with Crippen molar-refractivity contribution in [2.24, 2.45) is 5.41 Å². The first kappa shape index (κ1) is 17.1. The normalized spacial score (nSPS) is 11.3. The summed E-state index contributed by atoms with van der Waals surface area (Å²) in [6.45, 7) is 7.26. The maximum absolute atomic E-state index is 10.9. The van der Waals surface area contributed by atoms with Crippen LogP contribution in [0.1, 0.15) is 33.6 Å². The fraction of sp³-hybridized carbons (Fsp3) is 0.444. The summed E-state index contributed by atoms with van der Waals surface area (Å²) in [4.78, 5) is 18.2. The summed E-state index contributed by atoms with van der Waals surface area (Å²) in [5, 5.41) is 2.85.